The summed E-state index contributed by atoms with van der Waals surface area (Å²) in [6, 6.07) is 0. The molecule has 0 bridgehead atoms. The summed E-state index contributed by atoms with van der Waals surface area (Å²) in [5.74, 6) is 1.76. The number of hydrogen-bond acceptors (Lipinski definition) is 5. The number of allylic oxidation sites excluding steroid dienone is 1. The van der Waals surface area contributed by atoms with E-state index in [0.717, 1.165) is 71.6 Å². The van der Waals surface area contributed by atoms with Gasteiger partial charge in [0.2, 0.25) is 0 Å². The van der Waals surface area contributed by atoms with Crippen molar-refractivity contribution in [3.8, 4) is 0 Å². The Morgan fingerprint density at radius 1 is 1.29 bits per heavy atom. The molecule has 31 heavy (non-hydrogen) atoms. The Bertz CT molecular complexity index is 573. The smallest absolute Gasteiger partial charge is 0.0723 e. The monoisotopic (exact) mass is 434 g/mol. The number of hydrogen-bond donors (Lipinski definition) is 3. The van der Waals surface area contributed by atoms with Crippen molar-refractivity contribution in [2.45, 2.75) is 71.0 Å². The molecule has 1 heterocycles. The first kappa shape index (κ1) is 24.9. The quantitative estimate of drug-likeness (QED) is 0.306. The largest absolute Gasteiger partial charge is 0.392 e. The van der Waals surface area contributed by atoms with Gasteiger partial charge in [0.05, 0.1) is 25.4 Å². The summed E-state index contributed by atoms with van der Waals surface area (Å²) < 4.78 is 5.40. The van der Waals surface area contributed by atoms with Crippen molar-refractivity contribution >= 4 is 0 Å². The van der Waals surface area contributed by atoms with E-state index in [2.05, 4.69) is 36.2 Å². The fourth-order valence-electron chi connectivity index (χ4n) is 5.64. The summed E-state index contributed by atoms with van der Waals surface area (Å²) in [5, 5.41) is 24.6. The lowest BCUT2D eigenvalue weighted by molar-refractivity contribution is 0.0385. The van der Waals surface area contributed by atoms with Crippen LogP contribution in [0.15, 0.2) is 23.8 Å². The van der Waals surface area contributed by atoms with Gasteiger partial charge in [-0.05, 0) is 50.0 Å². The standard InChI is InChI=1S/C26H46N2O3/c1-3-4-5-20(2)16-23(29)6-7-24-25-18-21(17-22(25)19-26(24)30)8-9-27-10-11-28-12-14-31-15-13-28/h6-7,17,20,22-27,29-30H,3-5,8-16,18-19H2,1-2H3/b7-6+/t20-,22-,23+,24+,25-,26+/m0/s1. The summed E-state index contributed by atoms with van der Waals surface area (Å²) in [4.78, 5) is 2.47. The van der Waals surface area contributed by atoms with E-state index in [1.807, 2.05) is 6.08 Å². The molecule has 3 N–H and O–H groups in total. The maximum Gasteiger partial charge on any atom is 0.0723 e. The third kappa shape index (κ3) is 7.97. The SMILES string of the molecule is CCCC[C@H](C)C[C@H](O)/C=C/[C@@H]1[C@H]2CC(CCNCCN3CCOCC3)=C[C@H]2C[C@H]1O. The van der Waals surface area contributed by atoms with E-state index in [1.54, 1.807) is 5.57 Å². The first-order valence-corrected chi connectivity index (χ1v) is 12.8. The molecular weight excluding hydrogens is 388 g/mol. The topological polar surface area (TPSA) is 65.0 Å². The highest BCUT2D eigenvalue weighted by Crippen LogP contribution is 2.47. The number of fused-ring (bicyclic) bond motifs is 1. The van der Waals surface area contributed by atoms with Crippen LogP contribution in [0.5, 0.6) is 0 Å². The second kappa shape index (κ2) is 13.1. The number of ether oxygens (including phenoxy) is 1. The van der Waals surface area contributed by atoms with Crippen LogP contribution in [0.4, 0.5) is 0 Å². The maximum atomic E-state index is 10.6. The van der Waals surface area contributed by atoms with Crippen LogP contribution in [0.3, 0.4) is 0 Å². The highest BCUT2D eigenvalue weighted by molar-refractivity contribution is 5.21. The fourth-order valence-corrected chi connectivity index (χ4v) is 5.64. The first-order valence-electron chi connectivity index (χ1n) is 12.8. The molecule has 0 aromatic heterocycles. The van der Waals surface area contributed by atoms with Crippen LogP contribution in [-0.4, -0.2) is 73.3 Å². The van der Waals surface area contributed by atoms with E-state index in [0.29, 0.717) is 17.8 Å². The summed E-state index contributed by atoms with van der Waals surface area (Å²) in [6.45, 7) is 11.5. The zero-order valence-electron chi connectivity index (χ0n) is 19.8. The second-order valence-corrected chi connectivity index (χ2v) is 10.1. The van der Waals surface area contributed by atoms with Gasteiger partial charge in [-0.2, -0.15) is 0 Å². The highest BCUT2D eigenvalue weighted by atomic mass is 16.5. The minimum absolute atomic E-state index is 0.189. The van der Waals surface area contributed by atoms with Crippen molar-refractivity contribution in [3.05, 3.63) is 23.8 Å². The lowest BCUT2D eigenvalue weighted by Gasteiger charge is -2.26. The van der Waals surface area contributed by atoms with Gasteiger partial charge in [0.25, 0.3) is 0 Å². The summed E-state index contributed by atoms with van der Waals surface area (Å²) in [7, 11) is 0. The van der Waals surface area contributed by atoms with Gasteiger partial charge in [-0.1, -0.05) is 56.9 Å². The maximum absolute atomic E-state index is 10.6. The fraction of sp³-hybridized carbons (Fsp3) is 0.846. The van der Waals surface area contributed by atoms with E-state index in [1.165, 1.54) is 19.3 Å². The van der Waals surface area contributed by atoms with Crippen molar-refractivity contribution in [3.63, 3.8) is 0 Å². The molecular formula is C26H46N2O3. The van der Waals surface area contributed by atoms with Crippen LogP contribution >= 0.6 is 0 Å². The van der Waals surface area contributed by atoms with Gasteiger partial charge < -0.3 is 20.3 Å². The number of aliphatic hydroxyl groups is 2. The number of nitrogens with zero attached hydrogens (tertiary/aromatic N) is 1. The molecule has 178 valence electrons. The molecule has 5 heteroatoms. The van der Waals surface area contributed by atoms with Gasteiger partial charge in [0.1, 0.15) is 0 Å². The summed E-state index contributed by atoms with van der Waals surface area (Å²) in [6.07, 6.45) is 13.4. The molecule has 0 spiro atoms. The molecule has 1 aliphatic heterocycles. The molecule has 3 rings (SSSR count). The number of nitrogens with one attached hydrogen (secondary N) is 1. The Morgan fingerprint density at radius 3 is 2.87 bits per heavy atom. The molecule has 2 aliphatic carbocycles. The van der Waals surface area contributed by atoms with Gasteiger partial charge in [-0.25, -0.2) is 0 Å². The molecule has 2 fully saturated rings. The average Bonchev–Trinajstić information content (AvgIpc) is 3.27. The number of unbranched alkanes of at least 4 members (excludes halogenated alkanes) is 1. The zero-order valence-corrected chi connectivity index (χ0v) is 19.8. The van der Waals surface area contributed by atoms with E-state index in [-0.39, 0.29) is 18.1 Å². The predicted molar refractivity (Wildman–Crippen MR) is 127 cm³/mol. The Kier molecular flexibility index (Phi) is 10.5. The molecule has 0 amide bonds. The molecule has 6 atom stereocenters. The van der Waals surface area contributed by atoms with E-state index in [4.69, 9.17) is 4.74 Å². The molecule has 3 aliphatic rings. The zero-order chi connectivity index (χ0) is 22.1. The van der Waals surface area contributed by atoms with Crippen LogP contribution in [0, 0.1) is 23.7 Å². The van der Waals surface area contributed by atoms with Crippen molar-refractivity contribution in [1.82, 2.24) is 10.2 Å². The highest BCUT2D eigenvalue weighted by Gasteiger charge is 2.43. The van der Waals surface area contributed by atoms with Gasteiger partial charge in [-0.3, -0.25) is 4.90 Å². The third-order valence-electron chi connectivity index (χ3n) is 7.53. The second-order valence-electron chi connectivity index (χ2n) is 10.1. The predicted octanol–water partition coefficient (Wildman–Crippen LogP) is 3.38. The van der Waals surface area contributed by atoms with Gasteiger partial charge >= 0.3 is 0 Å². The number of morpholine rings is 1. The van der Waals surface area contributed by atoms with Gasteiger partial charge in [-0.15, -0.1) is 0 Å². The van der Waals surface area contributed by atoms with Gasteiger partial charge in [0, 0.05) is 32.1 Å². The Hall–Kier alpha value is -0.720. The van der Waals surface area contributed by atoms with Gasteiger partial charge in [0.15, 0.2) is 0 Å². The molecule has 0 unspecified atom stereocenters. The minimum Gasteiger partial charge on any atom is -0.392 e. The minimum atomic E-state index is -0.386. The average molecular weight is 435 g/mol. The number of rotatable bonds is 13. The molecule has 1 saturated heterocycles. The van der Waals surface area contributed by atoms with Crippen LogP contribution in [0.2, 0.25) is 0 Å². The van der Waals surface area contributed by atoms with Crippen molar-refractivity contribution < 1.29 is 14.9 Å². The molecule has 5 nitrogen and oxygen atoms in total. The third-order valence-corrected chi connectivity index (χ3v) is 7.53. The van der Waals surface area contributed by atoms with E-state index >= 15 is 0 Å². The lowest BCUT2D eigenvalue weighted by Crippen LogP contribution is -2.40. The van der Waals surface area contributed by atoms with Crippen molar-refractivity contribution in [2.75, 3.05) is 45.9 Å². The Labute approximate surface area is 189 Å². The van der Waals surface area contributed by atoms with Crippen LogP contribution in [0.1, 0.15) is 58.8 Å². The lowest BCUT2D eigenvalue weighted by atomic mass is 9.88. The van der Waals surface area contributed by atoms with Crippen LogP contribution in [0.25, 0.3) is 0 Å². The van der Waals surface area contributed by atoms with Crippen molar-refractivity contribution in [2.24, 2.45) is 23.7 Å². The Morgan fingerprint density at radius 2 is 2.10 bits per heavy atom. The normalized spacial score (nSPS) is 31.2. The molecule has 0 aromatic rings. The molecule has 0 radical (unpaired) electrons. The Balaban J connectivity index is 1.35. The summed E-state index contributed by atoms with van der Waals surface area (Å²) in [5.41, 5.74) is 1.55. The van der Waals surface area contributed by atoms with E-state index in [9.17, 15) is 10.2 Å². The van der Waals surface area contributed by atoms with Crippen LogP contribution < -0.4 is 5.32 Å². The number of aliphatic hydroxyl groups excluding tert-OH is 2. The van der Waals surface area contributed by atoms with E-state index < -0.39 is 0 Å². The molecule has 0 aromatic carbocycles. The first-order chi connectivity index (χ1) is 15.1. The van der Waals surface area contributed by atoms with Crippen molar-refractivity contribution in [1.29, 1.82) is 0 Å². The van der Waals surface area contributed by atoms with Crippen LogP contribution in [-0.2, 0) is 4.74 Å². The molecule has 1 saturated carbocycles. The summed E-state index contributed by atoms with van der Waals surface area (Å²) >= 11 is 0.